The second-order valence-corrected chi connectivity index (χ2v) is 7.15. The summed E-state index contributed by atoms with van der Waals surface area (Å²) in [5.41, 5.74) is 2.72. The van der Waals surface area contributed by atoms with Gasteiger partial charge in [0.25, 0.3) is 0 Å². The summed E-state index contributed by atoms with van der Waals surface area (Å²) in [5, 5.41) is 12.1. The quantitative estimate of drug-likeness (QED) is 0.747. The van der Waals surface area contributed by atoms with Crippen molar-refractivity contribution in [1.82, 2.24) is 20.2 Å². The summed E-state index contributed by atoms with van der Waals surface area (Å²) in [6.45, 7) is 7.50. The van der Waals surface area contributed by atoms with Crippen LogP contribution < -0.4 is 5.32 Å². The van der Waals surface area contributed by atoms with Crippen LogP contribution in [0.4, 0.5) is 5.82 Å². The molecule has 128 valence electrons. The van der Waals surface area contributed by atoms with Crippen molar-refractivity contribution in [1.29, 1.82) is 0 Å². The van der Waals surface area contributed by atoms with Crippen LogP contribution in [0, 0.1) is 5.41 Å². The fourth-order valence-corrected chi connectivity index (χ4v) is 2.40. The highest BCUT2D eigenvalue weighted by Gasteiger charge is 2.15. The van der Waals surface area contributed by atoms with Crippen LogP contribution in [-0.4, -0.2) is 26.7 Å². The van der Waals surface area contributed by atoms with Crippen molar-refractivity contribution in [2.24, 2.45) is 5.41 Å². The van der Waals surface area contributed by atoms with Crippen LogP contribution in [0.15, 0.2) is 54.7 Å². The molecule has 1 aromatic carbocycles. The normalized spacial score (nSPS) is 11.3. The van der Waals surface area contributed by atoms with Gasteiger partial charge in [0.05, 0.1) is 0 Å². The van der Waals surface area contributed by atoms with Crippen molar-refractivity contribution in [3.63, 3.8) is 0 Å². The van der Waals surface area contributed by atoms with Gasteiger partial charge in [0.15, 0.2) is 5.82 Å². The third kappa shape index (κ3) is 4.59. The lowest BCUT2D eigenvalue weighted by atomic mass is 9.92. The average Bonchev–Trinajstić information content (AvgIpc) is 2.62. The molecule has 5 heteroatoms. The van der Waals surface area contributed by atoms with Crippen LogP contribution in [0.1, 0.15) is 27.2 Å². The second-order valence-electron chi connectivity index (χ2n) is 7.15. The number of rotatable bonds is 5. The van der Waals surface area contributed by atoms with Gasteiger partial charge in [-0.05, 0) is 24.0 Å². The van der Waals surface area contributed by atoms with Crippen molar-refractivity contribution in [2.45, 2.75) is 27.2 Å². The molecule has 1 N–H and O–H groups in total. The second kappa shape index (κ2) is 7.38. The molecule has 0 atom stereocenters. The highest BCUT2D eigenvalue weighted by Crippen LogP contribution is 2.26. The fraction of sp³-hybridized carbons (Fsp3) is 0.300. The van der Waals surface area contributed by atoms with Gasteiger partial charge < -0.3 is 5.32 Å². The number of nitrogens with one attached hydrogen (secondary N) is 1. The summed E-state index contributed by atoms with van der Waals surface area (Å²) in [4.78, 5) is 9.01. The van der Waals surface area contributed by atoms with E-state index in [9.17, 15) is 0 Å². The van der Waals surface area contributed by atoms with E-state index in [0.717, 1.165) is 30.0 Å². The molecule has 2 aromatic heterocycles. The molecule has 0 aliphatic heterocycles. The van der Waals surface area contributed by atoms with Crippen LogP contribution in [0.5, 0.6) is 0 Å². The van der Waals surface area contributed by atoms with E-state index in [1.165, 1.54) is 0 Å². The molecule has 0 unspecified atom stereocenters. The van der Waals surface area contributed by atoms with E-state index in [-0.39, 0.29) is 5.41 Å². The predicted molar refractivity (Wildman–Crippen MR) is 101 cm³/mol. The molecule has 0 amide bonds. The zero-order chi connectivity index (χ0) is 17.7. The minimum atomic E-state index is 0.254. The molecule has 0 bridgehead atoms. The van der Waals surface area contributed by atoms with Gasteiger partial charge in [-0.3, -0.25) is 4.98 Å². The van der Waals surface area contributed by atoms with Gasteiger partial charge in [-0.25, -0.2) is 4.98 Å². The Morgan fingerprint density at radius 2 is 1.68 bits per heavy atom. The Morgan fingerprint density at radius 3 is 2.36 bits per heavy atom. The number of hydrogen-bond acceptors (Lipinski definition) is 5. The summed E-state index contributed by atoms with van der Waals surface area (Å²) in [6.07, 6.45) is 2.76. The summed E-state index contributed by atoms with van der Waals surface area (Å²) >= 11 is 0. The standard InChI is InChI=1S/C20H23N5/c1-20(2,3)12-14-22-19-17(15-9-5-4-6-10-15)24-25-18(23-19)16-11-7-8-13-21-16/h4-11,13H,12,14H2,1-3H3,(H,22,23,25). The Morgan fingerprint density at radius 1 is 0.920 bits per heavy atom. The Kier molecular flexibility index (Phi) is 5.03. The number of aromatic nitrogens is 4. The van der Waals surface area contributed by atoms with Crippen molar-refractivity contribution < 1.29 is 0 Å². The van der Waals surface area contributed by atoms with E-state index in [4.69, 9.17) is 4.98 Å². The highest BCUT2D eigenvalue weighted by atomic mass is 15.2. The van der Waals surface area contributed by atoms with Crippen LogP contribution in [0.25, 0.3) is 22.8 Å². The lowest BCUT2D eigenvalue weighted by Gasteiger charge is -2.19. The first-order valence-electron chi connectivity index (χ1n) is 8.48. The summed E-state index contributed by atoms with van der Waals surface area (Å²) in [7, 11) is 0. The first kappa shape index (κ1) is 17.0. The molecule has 3 rings (SSSR count). The van der Waals surface area contributed by atoms with Crippen LogP contribution in [-0.2, 0) is 0 Å². The zero-order valence-electron chi connectivity index (χ0n) is 14.9. The highest BCUT2D eigenvalue weighted by molar-refractivity contribution is 5.72. The largest absolute Gasteiger partial charge is 0.368 e. The van der Waals surface area contributed by atoms with E-state index in [1.54, 1.807) is 6.20 Å². The number of anilines is 1. The van der Waals surface area contributed by atoms with Gasteiger partial charge in [-0.2, -0.15) is 0 Å². The summed E-state index contributed by atoms with van der Waals surface area (Å²) < 4.78 is 0. The zero-order valence-corrected chi connectivity index (χ0v) is 14.9. The van der Waals surface area contributed by atoms with Crippen LogP contribution in [0.3, 0.4) is 0 Å². The molecule has 2 heterocycles. The molecule has 0 aliphatic rings. The Bertz CT molecular complexity index is 810. The molecule has 5 nitrogen and oxygen atoms in total. The molecule has 0 spiro atoms. The Labute approximate surface area is 148 Å². The van der Waals surface area contributed by atoms with Gasteiger partial charge in [0, 0.05) is 18.3 Å². The Hall–Kier alpha value is -2.82. The minimum Gasteiger partial charge on any atom is -0.368 e. The summed E-state index contributed by atoms with van der Waals surface area (Å²) in [6, 6.07) is 15.7. The van der Waals surface area contributed by atoms with Gasteiger partial charge in [-0.15, -0.1) is 10.2 Å². The van der Waals surface area contributed by atoms with Crippen LogP contribution >= 0.6 is 0 Å². The number of hydrogen-bond donors (Lipinski definition) is 1. The lowest BCUT2D eigenvalue weighted by Crippen LogP contribution is -2.15. The van der Waals surface area contributed by atoms with Crippen molar-refractivity contribution in [3.8, 4) is 22.8 Å². The molecule has 0 fully saturated rings. The molecule has 0 saturated carbocycles. The Balaban J connectivity index is 1.94. The maximum absolute atomic E-state index is 4.69. The van der Waals surface area contributed by atoms with Crippen molar-refractivity contribution >= 4 is 5.82 Å². The molecular formula is C20H23N5. The average molecular weight is 333 g/mol. The fourth-order valence-electron chi connectivity index (χ4n) is 2.40. The SMILES string of the molecule is CC(C)(C)CCNc1nc(-c2ccccn2)nnc1-c1ccccc1. The lowest BCUT2D eigenvalue weighted by molar-refractivity contribution is 0.389. The van der Waals surface area contributed by atoms with E-state index < -0.39 is 0 Å². The molecular weight excluding hydrogens is 310 g/mol. The first-order chi connectivity index (χ1) is 12.0. The van der Waals surface area contributed by atoms with Crippen molar-refractivity contribution in [3.05, 3.63) is 54.7 Å². The van der Waals surface area contributed by atoms with Crippen LogP contribution in [0.2, 0.25) is 0 Å². The minimum absolute atomic E-state index is 0.254. The van der Waals surface area contributed by atoms with Gasteiger partial charge >= 0.3 is 0 Å². The van der Waals surface area contributed by atoms with Gasteiger partial charge in [0.1, 0.15) is 11.4 Å². The molecule has 0 aliphatic carbocycles. The van der Waals surface area contributed by atoms with E-state index >= 15 is 0 Å². The van der Waals surface area contributed by atoms with E-state index in [1.807, 2.05) is 48.5 Å². The van der Waals surface area contributed by atoms with Crippen molar-refractivity contribution in [2.75, 3.05) is 11.9 Å². The van der Waals surface area contributed by atoms with Gasteiger partial charge in [0.2, 0.25) is 5.82 Å². The molecule has 3 aromatic rings. The number of benzene rings is 1. The van der Waals surface area contributed by atoms with E-state index in [0.29, 0.717) is 11.5 Å². The maximum atomic E-state index is 4.69. The number of pyridine rings is 1. The molecule has 0 saturated heterocycles. The topological polar surface area (TPSA) is 63.6 Å². The third-order valence-corrected chi connectivity index (χ3v) is 3.80. The smallest absolute Gasteiger partial charge is 0.202 e. The maximum Gasteiger partial charge on any atom is 0.202 e. The van der Waals surface area contributed by atoms with E-state index in [2.05, 4.69) is 41.3 Å². The first-order valence-corrected chi connectivity index (χ1v) is 8.48. The predicted octanol–water partition coefficient (Wildman–Crippen LogP) is 4.45. The summed E-state index contributed by atoms with van der Waals surface area (Å²) in [5.74, 6) is 1.27. The van der Waals surface area contributed by atoms with Gasteiger partial charge in [-0.1, -0.05) is 57.2 Å². The molecule has 0 radical (unpaired) electrons. The number of nitrogens with zero attached hydrogens (tertiary/aromatic N) is 4. The molecule has 25 heavy (non-hydrogen) atoms. The monoisotopic (exact) mass is 333 g/mol. The third-order valence-electron chi connectivity index (χ3n) is 3.80.